The molecule has 2 heterocycles. The first-order valence-corrected chi connectivity index (χ1v) is 16.4. The van der Waals surface area contributed by atoms with Crippen molar-refractivity contribution in [2.24, 2.45) is 0 Å². The van der Waals surface area contributed by atoms with E-state index in [2.05, 4.69) is 146 Å². The maximum Gasteiger partial charge on any atom is 0.164 e. The van der Waals surface area contributed by atoms with E-state index in [4.69, 9.17) is 19.4 Å². The van der Waals surface area contributed by atoms with Crippen molar-refractivity contribution < 1.29 is 4.42 Å². The molecule has 8 aromatic carbocycles. The van der Waals surface area contributed by atoms with Gasteiger partial charge in [-0.3, -0.25) is 0 Å². The Bertz CT molecular complexity index is 2780. The molecule has 228 valence electrons. The molecule has 0 fully saturated rings. The van der Waals surface area contributed by atoms with Crippen LogP contribution in [0.3, 0.4) is 0 Å². The molecule has 49 heavy (non-hydrogen) atoms. The van der Waals surface area contributed by atoms with Crippen LogP contribution in [-0.4, -0.2) is 15.0 Å². The van der Waals surface area contributed by atoms with Crippen LogP contribution in [0, 0.1) is 0 Å². The lowest BCUT2D eigenvalue weighted by molar-refractivity contribution is 0.672. The van der Waals surface area contributed by atoms with Crippen LogP contribution in [0.25, 0.3) is 99.5 Å². The summed E-state index contributed by atoms with van der Waals surface area (Å²) in [6.45, 7) is 0. The third-order valence-corrected chi connectivity index (χ3v) is 9.51. The van der Waals surface area contributed by atoms with Crippen LogP contribution >= 0.6 is 0 Å². The monoisotopic (exact) mass is 625 g/mol. The molecule has 0 saturated carbocycles. The summed E-state index contributed by atoms with van der Waals surface area (Å²) in [4.78, 5) is 15.7. The van der Waals surface area contributed by atoms with E-state index in [-0.39, 0.29) is 0 Å². The molecular formula is C45H27N3O. The molecule has 2 aromatic heterocycles. The molecule has 0 amide bonds. The van der Waals surface area contributed by atoms with Crippen molar-refractivity contribution in [3.05, 3.63) is 164 Å². The van der Waals surface area contributed by atoms with Crippen LogP contribution in [0.15, 0.2) is 168 Å². The van der Waals surface area contributed by atoms with Gasteiger partial charge >= 0.3 is 0 Å². The zero-order valence-electron chi connectivity index (χ0n) is 26.3. The Balaban J connectivity index is 1.30. The Morgan fingerprint density at radius 1 is 0.347 bits per heavy atom. The van der Waals surface area contributed by atoms with Gasteiger partial charge in [-0.1, -0.05) is 146 Å². The molecule has 0 aliphatic heterocycles. The highest BCUT2D eigenvalue weighted by atomic mass is 16.3. The summed E-state index contributed by atoms with van der Waals surface area (Å²) in [5.74, 6) is 1.86. The molecule has 0 N–H and O–H groups in total. The van der Waals surface area contributed by atoms with E-state index in [0.29, 0.717) is 17.5 Å². The van der Waals surface area contributed by atoms with Crippen molar-refractivity contribution in [2.75, 3.05) is 0 Å². The zero-order chi connectivity index (χ0) is 32.3. The van der Waals surface area contributed by atoms with Gasteiger partial charge in [0.25, 0.3) is 0 Å². The lowest BCUT2D eigenvalue weighted by atomic mass is 9.96. The highest BCUT2D eigenvalue weighted by Crippen LogP contribution is 2.42. The topological polar surface area (TPSA) is 51.8 Å². The van der Waals surface area contributed by atoms with Crippen LogP contribution in [-0.2, 0) is 0 Å². The number of furan rings is 1. The van der Waals surface area contributed by atoms with Gasteiger partial charge in [0.2, 0.25) is 0 Å². The second kappa shape index (κ2) is 11.0. The summed E-state index contributed by atoms with van der Waals surface area (Å²) < 4.78 is 6.69. The van der Waals surface area contributed by atoms with Crippen molar-refractivity contribution in [1.29, 1.82) is 0 Å². The Labute approximate surface area is 282 Å². The number of rotatable bonds is 4. The van der Waals surface area contributed by atoms with Gasteiger partial charge in [0.05, 0.1) is 0 Å². The lowest BCUT2D eigenvalue weighted by Crippen LogP contribution is -2.01. The average molecular weight is 626 g/mol. The predicted octanol–water partition coefficient (Wildman–Crippen LogP) is 11.9. The number of fused-ring (bicyclic) bond motifs is 7. The van der Waals surface area contributed by atoms with Gasteiger partial charge in [-0.15, -0.1) is 0 Å². The van der Waals surface area contributed by atoms with E-state index in [1.54, 1.807) is 0 Å². The third kappa shape index (κ3) is 4.49. The molecular weight excluding hydrogens is 599 g/mol. The van der Waals surface area contributed by atoms with Crippen LogP contribution in [0.2, 0.25) is 0 Å². The number of aromatic nitrogens is 3. The van der Waals surface area contributed by atoms with Gasteiger partial charge in [0.1, 0.15) is 11.2 Å². The molecule has 0 atom stereocenters. The molecule has 4 heteroatoms. The molecule has 10 rings (SSSR count). The summed E-state index contributed by atoms with van der Waals surface area (Å²) in [7, 11) is 0. The fourth-order valence-corrected chi connectivity index (χ4v) is 7.17. The number of para-hydroxylation sites is 1. The van der Waals surface area contributed by atoms with Crippen LogP contribution in [0.1, 0.15) is 0 Å². The fourth-order valence-electron chi connectivity index (χ4n) is 7.17. The first-order chi connectivity index (χ1) is 24.3. The molecule has 0 aliphatic carbocycles. The molecule has 0 aliphatic rings. The average Bonchev–Trinajstić information content (AvgIpc) is 3.57. The molecule has 0 spiro atoms. The van der Waals surface area contributed by atoms with Gasteiger partial charge in [0.15, 0.2) is 17.5 Å². The highest BCUT2D eigenvalue weighted by molar-refractivity contribution is 6.21. The van der Waals surface area contributed by atoms with Gasteiger partial charge in [0, 0.05) is 32.8 Å². The molecule has 0 saturated heterocycles. The van der Waals surface area contributed by atoms with Gasteiger partial charge in [-0.2, -0.15) is 0 Å². The molecule has 0 unspecified atom stereocenters. The van der Waals surface area contributed by atoms with Crippen molar-refractivity contribution in [1.82, 2.24) is 15.0 Å². The van der Waals surface area contributed by atoms with Crippen molar-refractivity contribution in [2.45, 2.75) is 0 Å². The highest BCUT2D eigenvalue weighted by Gasteiger charge is 2.21. The summed E-state index contributed by atoms with van der Waals surface area (Å²) in [6.07, 6.45) is 0. The lowest BCUT2D eigenvalue weighted by Gasteiger charge is -2.13. The third-order valence-electron chi connectivity index (χ3n) is 9.51. The van der Waals surface area contributed by atoms with Crippen LogP contribution in [0.5, 0.6) is 0 Å². The smallest absolute Gasteiger partial charge is 0.164 e. The second-order valence-electron chi connectivity index (χ2n) is 12.4. The zero-order valence-corrected chi connectivity index (χ0v) is 26.3. The minimum Gasteiger partial charge on any atom is -0.455 e. The second-order valence-corrected chi connectivity index (χ2v) is 12.4. The number of hydrogen-bond donors (Lipinski definition) is 0. The quantitative estimate of drug-likeness (QED) is 0.195. The minimum absolute atomic E-state index is 0.603. The molecule has 10 aromatic rings. The Kier molecular flexibility index (Phi) is 6.15. The Morgan fingerprint density at radius 3 is 1.57 bits per heavy atom. The van der Waals surface area contributed by atoms with Crippen LogP contribution < -0.4 is 0 Å². The van der Waals surface area contributed by atoms with Gasteiger partial charge in [-0.05, 0) is 56.3 Å². The first kappa shape index (κ1) is 27.5. The summed E-state index contributed by atoms with van der Waals surface area (Å²) in [5, 5.41) is 8.59. The standard InChI is InChI=1S/C45H27N3O/c1-2-12-28(13-3-1)31-24-25-32-27-39(41-37-20-8-9-23-40(37)49-42(41)38(32)26-31)45-47-43(35-21-10-16-29-14-4-6-18-33(29)35)46-44(48-45)36-22-11-17-30-15-5-7-19-34(30)36/h1-27H. The van der Waals surface area contributed by atoms with E-state index in [9.17, 15) is 0 Å². The SMILES string of the molecule is c1ccc(-c2ccc3cc(-c4nc(-c5cccc6ccccc56)nc(-c5cccc6ccccc56)n4)c4c5ccccc5oc4c3c2)cc1. The van der Waals surface area contributed by atoms with E-state index in [1.165, 1.54) is 0 Å². The van der Waals surface area contributed by atoms with Gasteiger partial charge < -0.3 is 4.42 Å². The number of hydrogen-bond acceptors (Lipinski definition) is 4. The van der Waals surface area contributed by atoms with E-state index in [0.717, 1.165) is 82.1 Å². The predicted molar refractivity (Wildman–Crippen MR) is 201 cm³/mol. The van der Waals surface area contributed by atoms with Gasteiger partial charge in [-0.25, -0.2) is 15.0 Å². The fraction of sp³-hybridized carbons (Fsp3) is 0. The Hall–Kier alpha value is -6.65. The summed E-state index contributed by atoms with van der Waals surface area (Å²) in [5.41, 5.74) is 6.79. The molecule has 0 bridgehead atoms. The Morgan fingerprint density at radius 2 is 0.898 bits per heavy atom. The van der Waals surface area contributed by atoms with E-state index < -0.39 is 0 Å². The van der Waals surface area contributed by atoms with Crippen molar-refractivity contribution >= 4 is 54.3 Å². The normalized spacial score (nSPS) is 11.7. The van der Waals surface area contributed by atoms with Crippen molar-refractivity contribution in [3.8, 4) is 45.3 Å². The molecule has 0 radical (unpaired) electrons. The first-order valence-electron chi connectivity index (χ1n) is 16.4. The summed E-state index contributed by atoms with van der Waals surface area (Å²) >= 11 is 0. The van der Waals surface area contributed by atoms with E-state index in [1.807, 2.05) is 18.2 Å². The summed E-state index contributed by atoms with van der Waals surface area (Å²) in [6, 6.07) is 56.8. The van der Waals surface area contributed by atoms with E-state index >= 15 is 0 Å². The van der Waals surface area contributed by atoms with Crippen LogP contribution in [0.4, 0.5) is 0 Å². The largest absolute Gasteiger partial charge is 0.455 e. The number of benzene rings is 8. The molecule has 4 nitrogen and oxygen atoms in total. The number of nitrogens with zero attached hydrogens (tertiary/aromatic N) is 3. The minimum atomic E-state index is 0.603. The van der Waals surface area contributed by atoms with Crippen molar-refractivity contribution in [3.63, 3.8) is 0 Å². The maximum atomic E-state index is 6.69. The maximum absolute atomic E-state index is 6.69.